The fourth-order valence-corrected chi connectivity index (χ4v) is 2.76. The maximum atomic E-state index is 12.0. The number of hydrogen-bond donors (Lipinski definition) is 2. The highest BCUT2D eigenvalue weighted by atomic mass is 35.5. The third kappa shape index (κ3) is 3.58. The fraction of sp³-hybridized carbons (Fsp3) is 0.222. The fourth-order valence-electron chi connectivity index (χ4n) is 2.52. The maximum absolute atomic E-state index is 12.0. The second-order valence-corrected chi connectivity index (χ2v) is 5.97. The van der Waals surface area contributed by atoms with Gasteiger partial charge >= 0.3 is 0 Å². The van der Waals surface area contributed by atoms with Crippen LogP contribution >= 0.6 is 11.6 Å². The minimum atomic E-state index is -0.780. The number of nitrogens with one attached hydrogen (secondary N) is 1. The second-order valence-electron chi connectivity index (χ2n) is 5.62. The summed E-state index contributed by atoms with van der Waals surface area (Å²) in [5, 5.41) is 19.0. The molecule has 3 rings (SSSR count). The van der Waals surface area contributed by atoms with Gasteiger partial charge in [0.25, 0.3) is 0 Å². The van der Waals surface area contributed by atoms with Crippen molar-refractivity contribution in [2.24, 2.45) is 0 Å². The Morgan fingerprint density at radius 1 is 1.29 bits per heavy atom. The molecule has 0 radical (unpaired) electrons. The van der Waals surface area contributed by atoms with E-state index in [9.17, 15) is 9.90 Å². The molecular weight excluding hydrogens is 328 g/mol. The van der Waals surface area contributed by atoms with Crippen molar-refractivity contribution in [3.63, 3.8) is 0 Å². The van der Waals surface area contributed by atoms with Crippen LogP contribution in [0.25, 0.3) is 10.8 Å². The van der Waals surface area contributed by atoms with E-state index >= 15 is 0 Å². The number of aliphatic hydroxyl groups excluding tert-OH is 1. The topological polar surface area (TPSA) is 75.4 Å². The smallest absolute Gasteiger partial charge is 0.229 e. The highest BCUT2D eigenvalue weighted by Crippen LogP contribution is 2.21. The maximum Gasteiger partial charge on any atom is 0.229 e. The van der Waals surface area contributed by atoms with Gasteiger partial charge in [0.15, 0.2) is 0 Å². The first kappa shape index (κ1) is 16.5. The van der Waals surface area contributed by atoms with Crippen LogP contribution in [0.5, 0.6) is 0 Å². The van der Waals surface area contributed by atoms with Crippen molar-refractivity contribution in [2.75, 3.05) is 6.54 Å². The average molecular weight is 345 g/mol. The molecule has 3 aromatic rings. The van der Waals surface area contributed by atoms with Crippen LogP contribution in [-0.2, 0) is 11.2 Å². The molecule has 0 bridgehead atoms. The number of aryl methyl sites for hydroxylation is 1. The second kappa shape index (κ2) is 7.03. The normalized spacial score (nSPS) is 12.3. The lowest BCUT2D eigenvalue weighted by atomic mass is 10.0. The van der Waals surface area contributed by atoms with Crippen molar-refractivity contribution >= 4 is 28.3 Å². The van der Waals surface area contributed by atoms with Gasteiger partial charge in [-0.2, -0.15) is 0 Å². The molecule has 1 heterocycles. The number of amides is 1. The lowest BCUT2D eigenvalue weighted by molar-refractivity contribution is -0.120. The molecule has 2 aromatic carbocycles. The zero-order valence-electron chi connectivity index (χ0n) is 13.1. The summed E-state index contributed by atoms with van der Waals surface area (Å²) in [7, 11) is 0. The van der Waals surface area contributed by atoms with E-state index in [-0.39, 0.29) is 24.1 Å². The van der Waals surface area contributed by atoms with Gasteiger partial charge in [-0.15, -0.1) is 0 Å². The van der Waals surface area contributed by atoms with Crippen molar-refractivity contribution in [1.82, 2.24) is 10.5 Å². The summed E-state index contributed by atoms with van der Waals surface area (Å²) in [4.78, 5) is 12.0. The van der Waals surface area contributed by atoms with E-state index in [4.69, 9.17) is 16.1 Å². The number of carbonyl (C=O) groups is 1. The van der Waals surface area contributed by atoms with E-state index < -0.39 is 6.10 Å². The van der Waals surface area contributed by atoms with Gasteiger partial charge in [-0.05, 0) is 40.9 Å². The number of carbonyl (C=O) groups excluding carboxylic acids is 1. The number of fused-ring (bicyclic) bond motifs is 1. The van der Waals surface area contributed by atoms with Crippen LogP contribution in [0.15, 0.2) is 47.0 Å². The summed E-state index contributed by atoms with van der Waals surface area (Å²) in [5.74, 6) is -0.247. The number of aromatic nitrogens is 1. The number of benzene rings is 2. The number of hydrogen-bond acceptors (Lipinski definition) is 4. The molecule has 124 valence electrons. The van der Waals surface area contributed by atoms with E-state index in [1.54, 1.807) is 6.92 Å². The van der Waals surface area contributed by atoms with Gasteiger partial charge in [-0.3, -0.25) is 4.79 Å². The predicted octanol–water partition coefficient (Wildman–Crippen LogP) is 3.18. The molecule has 1 amide bonds. The third-order valence-corrected chi connectivity index (χ3v) is 4.22. The monoisotopic (exact) mass is 344 g/mol. The van der Waals surface area contributed by atoms with Gasteiger partial charge in [0.2, 0.25) is 11.1 Å². The average Bonchev–Trinajstić information content (AvgIpc) is 2.91. The van der Waals surface area contributed by atoms with Crippen LogP contribution in [-0.4, -0.2) is 22.7 Å². The Hall–Kier alpha value is -2.37. The SMILES string of the molecule is Cc1noc(Cl)c1CC(=O)NC[C@H](O)c1ccc2ccccc2c1. The van der Waals surface area contributed by atoms with Crippen molar-refractivity contribution in [1.29, 1.82) is 0 Å². The molecule has 0 fully saturated rings. The molecular formula is C18H17ClN2O3. The zero-order chi connectivity index (χ0) is 17.1. The minimum absolute atomic E-state index is 0.0681. The van der Waals surface area contributed by atoms with Gasteiger partial charge in [-0.25, -0.2) is 0 Å². The van der Waals surface area contributed by atoms with Crippen LogP contribution in [0, 0.1) is 6.92 Å². The molecule has 24 heavy (non-hydrogen) atoms. The lowest BCUT2D eigenvalue weighted by Crippen LogP contribution is -2.29. The van der Waals surface area contributed by atoms with Gasteiger partial charge in [0, 0.05) is 12.1 Å². The van der Waals surface area contributed by atoms with Crippen LogP contribution in [0.4, 0.5) is 0 Å². The van der Waals surface area contributed by atoms with Crippen molar-refractivity contribution in [3.05, 3.63) is 64.5 Å². The summed E-state index contributed by atoms with van der Waals surface area (Å²) >= 11 is 5.84. The number of halogens is 1. The number of aliphatic hydroxyl groups is 1. The van der Waals surface area contributed by atoms with Crippen molar-refractivity contribution < 1.29 is 14.4 Å². The molecule has 6 heteroatoms. The molecule has 0 aliphatic heterocycles. The van der Waals surface area contributed by atoms with Gasteiger partial charge in [0.1, 0.15) is 0 Å². The van der Waals surface area contributed by atoms with E-state index in [1.807, 2.05) is 42.5 Å². The van der Waals surface area contributed by atoms with E-state index in [0.717, 1.165) is 16.3 Å². The summed E-state index contributed by atoms with van der Waals surface area (Å²) in [6.45, 7) is 1.85. The molecule has 5 nitrogen and oxygen atoms in total. The summed E-state index contributed by atoms with van der Waals surface area (Å²) in [6.07, 6.45) is -0.712. The molecule has 1 atom stereocenters. The number of rotatable bonds is 5. The number of nitrogens with zero attached hydrogens (tertiary/aromatic N) is 1. The van der Waals surface area contributed by atoms with Gasteiger partial charge in [-0.1, -0.05) is 41.6 Å². The first-order valence-electron chi connectivity index (χ1n) is 7.58. The molecule has 0 saturated heterocycles. The Bertz CT molecular complexity index is 856. The molecule has 0 saturated carbocycles. The first-order valence-corrected chi connectivity index (χ1v) is 7.96. The quantitative estimate of drug-likeness (QED) is 0.745. The Morgan fingerprint density at radius 2 is 2.04 bits per heavy atom. The summed E-state index contributed by atoms with van der Waals surface area (Å²) in [5.41, 5.74) is 1.91. The van der Waals surface area contributed by atoms with Gasteiger partial charge < -0.3 is 14.9 Å². The van der Waals surface area contributed by atoms with Crippen LogP contribution in [0.1, 0.15) is 22.9 Å². The largest absolute Gasteiger partial charge is 0.387 e. The highest BCUT2D eigenvalue weighted by Gasteiger charge is 2.16. The first-order chi connectivity index (χ1) is 11.5. The van der Waals surface area contributed by atoms with Crippen LogP contribution < -0.4 is 5.32 Å². The molecule has 1 aromatic heterocycles. The Kier molecular flexibility index (Phi) is 4.83. The standard InChI is InChI=1S/C18H17ClN2O3/c1-11-15(18(19)24-21-11)9-17(23)20-10-16(22)14-7-6-12-4-2-3-5-13(12)8-14/h2-8,16,22H,9-10H2,1H3,(H,20,23)/t16-/m0/s1. The Balaban J connectivity index is 1.61. The van der Waals surface area contributed by atoms with Crippen LogP contribution in [0.3, 0.4) is 0 Å². The van der Waals surface area contributed by atoms with Crippen molar-refractivity contribution in [3.8, 4) is 0 Å². The van der Waals surface area contributed by atoms with E-state index in [0.29, 0.717) is 11.3 Å². The Labute approximate surface area is 144 Å². The molecule has 0 aliphatic carbocycles. The predicted molar refractivity (Wildman–Crippen MR) is 91.9 cm³/mol. The van der Waals surface area contributed by atoms with Gasteiger partial charge in [0.05, 0.1) is 18.2 Å². The molecule has 0 spiro atoms. The molecule has 0 unspecified atom stereocenters. The minimum Gasteiger partial charge on any atom is -0.387 e. The summed E-state index contributed by atoms with van der Waals surface area (Å²) in [6, 6.07) is 13.7. The van der Waals surface area contributed by atoms with E-state index in [2.05, 4.69) is 10.5 Å². The Morgan fingerprint density at radius 3 is 2.75 bits per heavy atom. The van der Waals surface area contributed by atoms with E-state index in [1.165, 1.54) is 0 Å². The molecule has 0 aliphatic rings. The third-order valence-electron chi connectivity index (χ3n) is 3.92. The van der Waals surface area contributed by atoms with Crippen LogP contribution in [0.2, 0.25) is 5.22 Å². The van der Waals surface area contributed by atoms with Crippen molar-refractivity contribution in [2.45, 2.75) is 19.4 Å². The summed E-state index contributed by atoms with van der Waals surface area (Å²) < 4.78 is 4.82. The zero-order valence-corrected chi connectivity index (χ0v) is 13.9. The lowest BCUT2D eigenvalue weighted by Gasteiger charge is -2.13. The molecule has 2 N–H and O–H groups in total. The highest BCUT2D eigenvalue weighted by molar-refractivity contribution is 6.29.